The van der Waals surface area contributed by atoms with E-state index in [-0.39, 0.29) is 17.8 Å². The van der Waals surface area contributed by atoms with Crippen molar-refractivity contribution in [3.05, 3.63) is 34.1 Å². The van der Waals surface area contributed by atoms with E-state index in [9.17, 15) is 9.18 Å². The molecule has 2 nitrogen and oxygen atoms in total. The summed E-state index contributed by atoms with van der Waals surface area (Å²) < 4.78 is 13.5. The minimum Gasteiger partial charge on any atom is -0.335 e. The lowest BCUT2D eigenvalue weighted by Gasteiger charge is -2.25. The molecule has 5 heteroatoms. The van der Waals surface area contributed by atoms with E-state index in [1.807, 2.05) is 4.90 Å². The Hall–Kier alpha value is -0.420. The van der Waals surface area contributed by atoms with E-state index in [0.29, 0.717) is 16.0 Å². The number of carbonyl (C=O) groups is 1. The van der Waals surface area contributed by atoms with Gasteiger partial charge in [-0.2, -0.15) is 0 Å². The summed E-state index contributed by atoms with van der Waals surface area (Å²) in [5, 5.41) is 0.777. The fourth-order valence-corrected chi connectivity index (χ4v) is 3.82. The molecule has 1 heterocycles. The zero-order valence-electron chi connectivity index (χ0n) is 10.00. The lowest BCUT2D eigenvalue weighted by molar-refractivity contribution is 0.0737. The second-order valence-corrected chi connectivity index (χ2v) is 6.11. The van der Waals surface area contributed by atoms with Crippen LogP contribution in [-0.2, 0) is 0 Å². The first kappa shape index (κ1) is 14.0. The number of nitrogens with zero attached hydrogens (tertiary/aromatic N) is 1. The summed E-state index contributed by atoms with van der Waals surface area (Å²) in [6.45, 7) is 2.92. The van der Waals surface area contributed by atoms with Crippen molar-refractivity contribution in [3.8, 4) is 0 Å². The van der Waals surface area contributed by atoms with Gasteiger partial charge in [0.05, 0.1) is 5.56 Å². The minimum atomic E-state index is -0.342. The van der Waals surface area contributed by atoms with Crippen molar-refractivity contribution >= 4 is 37.8 Å². The predicted octanol–water partition coefficient (Wildman–Crippen LogP) is 3.83. The second kappa shape index (κ2) is 5.70. The van der Waals surface area contributed by atoms with Crippen molar-refractivity contribution in [3.63, 3.8) is 0 Å². The van der Waals surface area contributed by atoms with E-state index in [0.717, 1.165) is 18.3 Å². The molecule has 1 fully saturated rings. The zero-order valence-corrected chi connectivity index (χ0v) is 13.2. The summed E-state index contributed by atoms with van der Waals surface area (Å²) in [4.78, 5) is 14.3. The molecule has 0 aromatic heterocycles. The van der Waals surface area contributed by atoms with Crippen LogP contribution < -0.4 is 0 Å². The van der Waals surface area contributed by atoms with Crippen molar-refractivity contribution in [1.29, 1.82) is 0 Å². The van der Waals surface area contributed by atoms with Gasteiger partial charge in [-0.1, -0.05) is 22.9 Å². The lowest BCUT2D eigenvalue weighted by atomic mass is 10.0. The third-order valence-corrected chi connectivity index (χ3v) is 4.78. The van der Waals surface area contributed by atoms with Gasteiger partial charge in [0, 0.05) is 22.4 Å². The van der Waals surface area contributed by atoms with Crippen molar-refractivity contribution in [2.75, 3.05) is 11.9 Å². The maximum atomic E-state index is 13.0. The molecule has 98 valence electrons. The van der Waals surface area contributed by atoms with E-state index >= 15 is 0 Å². The Kier molecular flexibility index (Phi) is 4.43. The molecule has 0 N–H and O–H groups in total. The topological polar surface area (TPSA) is 20.3 Å². The highest BCUT2D eigenvalue weighted by Crippen LogP contribution is 2.29. The van der Waals surface area contributed by atoms with Crippen LogP contribution in [0.2, 0.25) is 0 Å². The van der Waals surface area contributed by atoms with Crippen molar-refractivity contribution in [2.45, 2.75) is 19.4 Å². The number of hydrogen-bond acceptors (Lipinski definition) is 1. The Morgan fingerprint density at radius 3 is 2.89 bits per heavy atom. The Morgan fingerprint density at radius 2 is 2.28 bits per heavy atom. The second-order valence-electron chi connectivity index (χ2n) is 4.61. The van der Waals surface area contributed by atoms with E-state index in [1.54, 1.807) is 0 Å². The molecular weight excluding hydrogens is 365 g/mol. The average molecular weight is 379 g/mol. The Labute approximate surface area is 123 Å². The standard InChI is InChI=1S/C13H14Br2FNO/c1-8-4-5-17(12(8)7-14)13(18)10-3-2-9(16)6-11(10)15/h2-3,6,8,12H,4-5,7H2,1H3. The van der Waals surface area contributed by atoms with Crippen LogP contribution in [0.5, 0.6) is 0 Å². The van der Waals surface area contributed by atoms with Crippen LogP contribution in [0.4, 0.5) is 4.39 Å². The molecule has 0 aliphatic carbocycles. The Balaban J connectivity index is 2.26. The summed E-state index contributed by atoms with van der Waals surface area (Å²) in [5.74, 6) is 0.119. The monoisotopic (exact) mass is 377 g/mol. The molecule has 1 aromatic rings. The van der Waals surface area contributed by atoms with Gasteiger partial charge < -0.3 is 4.90 Å². The SMILES string of the molecule is CC1CCN(C(=O)c2ccc(F)cc2Br)C1CBr. The predicted molar refractivity (Wildman–Crippen MR) is 76.5 cm³/mol. The third kappa shape index (κ3) is 2.62. The average Bonchev–Trinajstić information content (AvgIpc) is 2.69. The molecule has 0 radical (unpaired) electrons. The highest BCUT2D eigenvalue weighted by Gasteiger charge is 2.34. The molecule has 0 bridgehead atoms. The van der Waals surface area contributed by atoms with Crippen LogP contribution >= 0.6 is 31.9 Å². The largest absolute Gasteiger partial charge is 0.335 e. The number of amides is 1. The van der Waals surface area contributed by atoms with Crippen molar-refractivity contribution in [1.82, 2.24) is 4.90 Å². The number of hydrogen-bond donors (Lipinski definition) is 0. The van der Waals surface area contributed by atoms with Gasteiger partial charge >= 0.3 is 0 Å². The van der Waals surface area contributed by atoms with E-state index < -0.39 is 0 Å². The minimum absolute atomic E-state index is 0.0318. The summed E-state index contributed by atoms with van der Waals surface area (Å²) >= 11 is 6.71. The smallest absolute Gasteiger partial charge is 0.255 e. The molecule has 2 unspecified atom stereocenters. The number of alkyl halides is 1. The zero-order chi connectivity index (χ0) is 13.3. The summed E-state index contributed by atoms with van der Waals surface area (Å²) in [6, 6.07) is 4.40. The third-order valence-electron chi connectivity index (χ3n) is 3.46. The molecule has 18 heavy (non-hydrogen) atoms. The van der Waals surface area contributed by atoms with Crippen LogP contribution in [0.3, 0.4) is 0 Å². The Morgan fingerprint density at radius 1 is 1.56 bits per heavy atom. The van der Waals surface area contributed by atoms with E-state index in [4.69, 9.17) is 0 Å². The molecule has 0 saturated carbocycles. The molecule has 0 spiro atoms. The van der Waals surface area contributed by atoms with Crippen LogP contribution in [-0.4, -0.2) is 28.7 Å². The summed E-state index contributed by atoms with van der Waals surface area (Å²) in [7, 11) is 0. The maximum Gasteiger partial charge on any atom is 0.255 e. The fraction of sp³-hybridized carbons (Fsp3) is 0.462. The maximum absolute atomic E-state index is 13.0. The first-order valence-electron chi connectivity index (χ1n) is 5.86. The number of carbonyl (C=O) groups excluding carboxylic acids is 1. The molecule has 2 atom stereocenters. The molecular formula is C13H14Br2FNO. The molecule has 2 rings (SSSR count). The van der Waals surface area contributed by atoms with Crippen molar-refractivity contribution < 1.29 is 9.18 Å². The number of rotatable bonds is 2. The summed E-state index contributed by atoms with van der Waals surface area (Å²) in [6.07, 6.45) is 1.01. The number of likely N-dealkylation sites (tertiary alicyclic amines) is 1. The van der Waals surface area contributed by atoms with Gasteiger partial charge in [0.15, 0.2) is 0 Å². The molecule has 1 aliphatic rings. The fourth-order valence-electron chi connectivity index (χ4n) is 2.31. The van der Waals surface area contributed by atoms with E-state index in [2.05, 4.69) is 38.8 Å². The number of halogens is 3. The van der Waals surface area contributed by atoms with Gasteiger partial charge in [-0.25, -0.2) is 4.39 Å². The summed E-state index contributed by atoms with van der Waals surface area (Å²) in [5.41, 5.74) is 0.524. The van der Waals surface area contributed by atoms with Crippen LogP contribution in [0, 0.1) is 11.7 Å². The van der Waals surface area contributed by atoms with Gasteiger partial charge in [-0.05, 0) is 46.5 Å². The highest BCUT2D eigenvalue weighted by atomic mass is 79.9. The Bertz CT molecular complexity index is 466. The van der Waals surface area contributed by atoms with Crippen LogP contribution in [0.15, 0.2) is 22.7 Å². The van der Waals surface area contributed by atoms with Gasteiger partial charge in [0.2, 0.25) is 0 Å². The van der Waals surface area contributed by atoms with Gasteiger partial charge in [0.25, 0.3) is 5.91 Å². The van der Waals surface area contributed by atoms with Gasteiger partial charge in [0.1, 0.15) is 5.82 Å². The molecule has 1 aliphatic heterocycles. The van der Waals surface area contributed by atoms with Gasteiger partial charge in [-0.15, -0.1) is 0 Å². The number of benzene rings is 1. The van der Waals surface area contributed by atoms with E-state index in [1.165, 1.54) is 18.2 Å². The molecule has 1 aromatic carbocycles. The van der Waals surface area contributed by atoms with Crippen molar-refractivity contribution in [2.24, 2.45) is 5.92 Å². The normalized spacial score (nSPS) is 23.4. The highest BCUT2D eigenvalue weighted by molar-refractivity contribution is 9.10. The molecule has 1 amide bonds. The van der Waals surface area contributed by atoms with Crippen LogP contribution in [0.1, 0.15) is 23.7 Å². The lowest BCUT2D eigenvalue weighted by Crippen LogP contribution is -2.38. The van der Waals surface area contributed by atoms with Crippen LogP contribution in [0.25, 0.3) is 0 Å². The first-order valence-corrected chi connectivity index (χ1v) is 7.78. The molecule has 1 saturated heterocycles. The quantitative estimate of drug-likeness (QED) is 0.716. The first-order chi connectivity index (χ1) is 8.54. The van der Waals surface area contributed by atoms with Gasteiger partial charge in [-0.3, -0.25) is 4.79 Å².